The number of hydrogen-bond donors (Lipinski definition) is 1. The molecule has 4 nitrogen and oxygen atoms in total. The summed E-state index contributed by atoms with van der Waals surface area (Å²) in [5, 5.41) is 12.3. The Morgan fingerprint density at radius 1 is 1.35 bits per heavy atom. The number of fused-ring (bicyclic) bond motifs is 1. The molecule has 0 saturated carbocycles. The monoisotopic (exact) mass is 246 g/mol. The van der Waals surface area contributed by atoms with Gasteiger partial charge in [-0.25, -0.2) is 0 Å². The van der Waals surface area contributed by atoms with Crippen molar-refractivity contribution >= 4 is 35.2 Å². The van der Waals surface area contributed by atoms with E-state index in [9.17, 15) is 10.1 Å². The molecule has 1 aromatic heterocycles. The number of rotatable bonds is 3. The molecular weight excluding hydrogens is 236 g/mol. The van der Waals surface area contributed by atoms with Crippen LogP contribution in [0.4, 0.5) is 5.69 Å². The second-order valence-corrected chi connectivity index (χ2v) is 3.80. The molecule has 0 fully saturated rings. The number of nitrogens with zero attached hydrogens (tertiary/aromatic N) is 2. The number of aromatic nitrogens is 1. The molecule has 0 atom stereocenters. The normalized spacial score (nSPS) is 11.1. The van der Waals surface area contributed by atoms with Crippen molar-refractivity contribution in [2.45, 2.75) is 0 Å². The zero-order chi connectivity index (χ0) is 12.3. The summed E-state index contributed by atoms with van der Waals surface area (Å²) in [6.07, 6.45) is 6.94. The van der Waals surface area contributed by atoms with Crippen LogP contribution < -0.4 is 0 Å². The van der Waals surface area contributed by atoms with Crippen molar-refractivity contribution in [3.63, 3.8) is 0 Å². The van der Waals surface area contributed by atoms with Crippen LogP contribution >= 0.6 is 12.6 Å². The fourth-order valence-electron chi connectivity index (χ4n) is 1.68. The standard InChI is InChI=1S/C12H10N2O2S/c15-14(16)12-4-3-9(2-1-7-17)10-5-6-13-8-11(10)12/h1-6,8,17H,7H2. The fraction of sp³-hybridized carbons (Fsp3) is 0.0833. The van der Waals surface area contributed by atoms with Gasteiger partial charge in [-0.05, 0) is 23.1 Å². The van der Waals surface area contributed by atoms with Crippen LogP contribution in [-0.2, 0) is 0 Å². The first-order chi connectivity index (χ1) is 8.24. The smallest absolute Gasteiger partial charge is 0.264 e. The van der Waals surface area contributed by atoms with Crippen molar-refractivity contribution in [1.29, 1.82) is 0 Å². The van der Waals surface area contributed by atoms with Crippen LogP contribution in [-0.4, -0.2) is 15.7 Å². The molecule has 0 unspecified atom stereocenters. The first kappa shape index (κ1) is 11.6. The van der Waals surface area contributed by atoms with E-state index in [0.717, 1.165) is 10.9 Å². The molecule has 1 heterocycles. The van der Waals surface area contributed by atoms with Gasteiger partial charge in [-0.15, -0.1) is 0 Å². The summed E-state index contributed by atoms with van der Waals surface area (Å²) < 4.78 is 0. The summed E-state index contributed by atoms with van der Waals surface area (Å²) in [6.45, 7) is 0. The molecule has 2 aromatic rings. The first-order valence-electron chi connectivity index (χ1n) is 5.02. The van der Waals surface area contributed by atoms with Crippen LogP contribution in [0.1, 0.15) is 5.56 Å². The van der Waals surface area contributed by atoms with Gasteiger partial charge >= 0.3 is 0 Å². The maximum atomic E-state index is 10.9. The number of non-ortho nitro benzene ring substituents is 1. The minimum Gasteiger partial charge on any atom is -0.264 e. The molecule has 0 saturated heterocycles. The fourth-order valence-corrected chi connectivity index (χ4v) is 1.79. The highest BCUT2D eigenvalue weighted by Crippen LogP contribution is 2.28. The molecule has 0 spiro atoms. The van der Waals surface area contributed by atoms with Crippen LogP contribution in [0.5, 0.6) is 0 Å². The highest BCUT2D eigenvalue weighted by molar-refractivity contribution is 7.80. The van der Waals surface area contributed by atoms with Crippen molar-refractivity contribution in [2.75, 3.05) is 5.75 Å². The van der Waals surface area contributed by atoms with Crippen molar-refractivity contribution in [2.24, 2.45) is 0 Å². The number of nitro groups is 1. The molecule has 17 heavy (non-hydrogen) atoms. The van der Waals surface area contributed by atoms with Gasteiger partial charge in [0, 0.05) is 24.2 Å². The van der Waals surface area contributed by atoms with Crippen LogP contribution in [0.3, 0.4) is 0 Å². The summed E-state index contributed by atoms with van der Waals surface area (Å²) in [5.74, 6) is 0.629. The lowest BCUT2D eigenvalue weighted by molar-refractivity contribution is -0.383. The first-order valence-corrected chi connectivity index (χ1v) is 5.66. The maximum Gasteiger partial charge on any atom is 0.278 e. The van der Waals surface area contributed by atoms with Gasteiger partial charge in [-0.3, -0.25) is 15.1 Å². The number of benzene rings is 1. The molecule has 0 radical (unpaired) electrons. The third-order valence-corrected chi connectivity index (χ3v) is 2.64. The van der Waals surface area contributed by atoms with E-state index in [4.69, 9.17) is 0 Å². The average Bonchev–Trinajstić information content (AvgIpc) is 2.35. The van der Waals surface area contributed by atoms with Crippen molar-refractivity contribution in [3.8, 4) is 0 Å². The number of pyridine rings is 1. The minimum absolute atomic E-state index is 0.0797. The Bertz CT molecular complexity index is 596. The summed E-state index contributed by atoms with van der Waals surface area (Å²) in [4.78, 5) is 14.4. The molecule has 5 heteroatoms. The van der Waals surface area contributed by atoms with Crippen LogP contribution in [0, 0.1) is 10.1 Å². The summed E-state index contributed by atoms with van der Waals surface area (Å²) in [6, 6.07) is 5.02. The summed E-state index contributed by atoms with van der Waals surface area (Å²) in [7, 11) is 0. The molecule has 0 amide bonds. The lowest BCUT2D eigenvalue weighted by Gasteiger charge is -2.02. The van der Waals surface area contributed by atoms with Gasteiger partial charge in [0.05, 0.1) is 10.3 Å². The Kier molecular flexibility index (Phi) is 3.39. The largest absolute Gasteiger partial charge is 0.278 e. The van der Waals surface area contributed by atoms with E-state index in [0.29, 0.717) is 11.1 Å². The predicted molar refractivity (Wildman–Crippen MR) is 71.3 cm³/mol. The van der Waals surface area contributed by atoms with Gasteiger partial charge in [0.15, 0.2) is 0 Å². The highest BCUT2D eigenvalue weighted by Gasteiger charge is 2.12. The van der Waals surface area contributed by atoms with E-state index in [1.807, 2.05) is 12.2 Å². The topological polar surface area (TPSA) is 56.0 Å². The van der Waals surface area contributed by atoms with E-state index in [-0.39, 0.29) is 5.69 Å². The molecule has 2 rings (SSSR count). The van der Waals surface area contributed by atoms with E-state index in [2.05, 4.69) is 17.6 Å². The van der Waals surface area contributed by atoms with Gasteiger partial charge < -0.3 is 0 Å². The number of nitro benzene ring substituents is 1. The zero-order valence-electron chi connectivity index (χ0n) is 8.91. The number of thiol groups is 1. The Labute approximate surface area is 104 Å². The van der Waals surface area contributed by atoms with E-state index < -0.39 is 4.92 Å². The Hall–Kier alpha value is -1.88. The van der Waals surface area contributed by atoms with Crippen LogP contribution in [0.25, 0.3) is 16.8 Å². The summed E-state index contributed by atoms with van der Waals surface area (Å²) in [5.41, 5.74) is 1.01. The molecule has 86 valence electrons. The van der Waals surface area contributed by atoms with Gasteiger partial charge in [0.1, 0.15) is 0 Å². The third-order valence-electron chi connectivity index (χ3n) is 2.43. The van der Waals surface area contributed by atoms with E-state index >= 15 is 0 Å². The van der Waals surface area contributed by atoms with E-state index in [1.165, 1.54) is 12.3 Å². The number of hydrogen-bond acceptors (Lipinski definition) is 4. The Balaban J connectivity index is 2.70. The molecule has 0 aliphatic carbocycles. The van der Waals surface area contributed by atoms with Crippen molar-refractivity contribution in [1.82, 2.24) is 4.98 Å². The van der Waals surface area contributed by atoms with Crippen LogP contribution in [0.2, 0.25) is 0 Å². The Morgan fingerprint density at radius 3 is 2.88 bits per heavy atom. The average molecular weight is 246 g/mol. The third kappa shape index (κ3) is 2.29. The lowest BCUT2D eigenvalue weighted by Crippen LogP contribution is -1.91. The van der Waals surface area contributed by atoms with Gasteiger partial charge in [0.25, 0.3) is 5.69 Å². The second kappa shape index (κ2) is 4.97. The second-order valence-electron chi connectivity index (χ2n) is 3.44. The Morgan fingerprint density at radius 2 is 2.18 bits per heavy atom. The van der Waals surface area contributed by atoms with Crippen LogP contribution in [0.15, 0.2) is 36.7 Å². The molecule has 1 aromatic carbocycles. The maximum absolute atomic E-state index is 10.9. The molecule has 0 N–H and O–H groups in total. The molecule has 0 aliphatic rings. The van der Waals surface area contributed by atoms with Gasteiger partial charge in [0.2, 0.25) is 0 Å². The SMILES string of the molecule is O=[N+]([O-])c1ccc(C=CCS)c2ccncc12. The van der Waals surface area contributed by atoms with E-state index in [1.54, 1.807) is 18.3 Å². The van der Waals surface area contributed by atoms with Crippen molar-refractivity contribution in [3.05, 3.63) is 52.3 Å². The predicted octanol–water partition coefficient (Wildman–Crippen LogP) is 3.09. The molecule has 0 aliphatic heterocycles. The molecular formula is C12H10N2O2S. The zero-order valence-corrected chi connectivity index (χ0v) is 9.80. The quantitative estimate of drug-likeness (QED) is 0.514. The molecule has 0 bridgehead atoms. The van der Waals surface area contributed by atoms with Gasteiger partial charge in [-0.1, -0.05) is 12.2 Å². The highest BCUT2D eigenvalue weighted by atomic mass is 32.1. The van der Waals surface area contributed by atoms with Crippen molar-refractivity contribution < 1.29 is 4.92 Å². The summed E-state index contributed by atoms with van der Waals surface area (Å²) >= 11 is 4.09. The van der Waals surface area contributed by atoms with Gasteiger partial charge in [-0.2, -0.15) is 12.6 Å². The lowest BCUT2D eigenvalue weighted by atomic mass is 10.0. The minimum atomic E-state index is -0.393.